The number of nitrogens with zero attached hydrogens (tertiary/aromatic N) is 4. The Bertz CT molecular complexity index is 1200. The highest BCUT2D eigenvalue weighted by Crippen LogP contribution is 2.36. The Labute approximate surface area is 171 Å². The first-order valence-corrected chi connectivity index (χ1v) is 9.28. The SMILES string of the molecule is CNC(=O)Oc1nc(NC2=NN=C(C)C2)c2c(-c3ccc(F)cc3)c(C)ccc2n1. The highest BCUT2D eigenvalue weighted by atomic mass is 19.1. The number of hydrogen-bond donors (Lipinski definition) is 2. The second kappa shape index (κ2) is 7.86. The number of halogens is 1. The number of rotatable bonds is 3. The van der Waals surface area contributed by atoms with E-state index in [0.29, 0.717) is 29.0 Å². The molecular formula is C21H19FN6O2. The number of amides is 1. The highest BCUT2D eigenvalue weighted by Gasteiger charge is 2.19. The van der Waals surface area contributed by atoms with Gasteiger partial charge in [0.25, 0.3) is 0 Å². The predicted octanol–water partition coefficient (Wildman–Crippen LogP) is 4.05. The lowest BCUT2D eigenvalue weighted by Crippen LogP contribution is -2.23. The minimum Gasteiger partial charge on any atom is -0.374 e. The lowest BCUT2D eigenvalue weighted by Gasteiger charge is -2.15. The Balaban J connectivity index is 1.91. The van der Waals surface area contributed by atoms with Crippen LogP contribution in [-0.4, -0.2) is 34.7 Å². The number of fused-ring (bicyclic) bond motifs is 1. The average Bonchev–Trinajstić information content (AvgIpc) is 3.13. The number of amidine groups is 1. The number of carbonyl (C=O) groups excluding carboxylic acids is 1. The first-order valence-electron chi connectivity index (χ1n) is 9.28. The summed E-state index contributed by atoms with van der Waals surface area (Å²) in [7, 11) is 1.45. The van der Waals surface area contributed by atoms with Crippen molar-refractivity contribution in [3.63, 3.8) is 0 Å². The molecule has 152 valence electrons. The molecule has 1 amide bonds. The van der Waals surface area contributed by atoms with Gasteiger partial charge in [-0.1, -0.05) is 18.2 Å². The molecule has 4 rings (SSSR count). The Hall–Kier alpha value is -3.88. The Morgan fingerprint density at radius 1 is 1.07 bits per heavy atom. The second-order valence-electron chi connectivity index (χ2n) is 6.84. The van der Waals surface area contributed by atoms with Crippen LogP contribution in [0.25, 0.3) is 22.0 Å². The van der Waals surface area contributed by atoms with Gasteiger partial charge >= 0.3 is 12.1 Å². The molecule has 1 aliphatic heterocycles. The standard InChI is InChI=1S/C21H19FN6O2/c1-11-4-9-15-18(17(11)13-5-7-14(22)8-6-13)19(25-16-10-12(2)27-28-16)26-20(24-15)30-21(29)23-3/h4-9H,10H2,1-3H3,(H,23,29)(H,24,25,26,28). The number of anilines is 1. The minimum absolute atomic E-state index is 0.102. The first kappa shape index (κ1) is 19.4. The van der Waals surface area contributed by atoms with Crippen LogP contribution in [0, 0.1) is 12.7 Å². The van der Waals surface area contributed by atoms with Gasteiger partial charge < -0.3 is 15.4 Å². The number of hydrogen-bond acceptors (Lipinski definition) is 7. The third-order valence-corrected chi connectivity index (χ3v) is 4.60. The monoisotopic (exact) mass is 406 g/mol. The zero-order valence-corrected chi connectivity index (χ0v) is 16.7. The first-order chi connectivity index (χ1) is 14.4. The topological polar surface area (TPSA) is 101 Å². The summed E-state index contributed by atoms with van der Waals surface area (Å²) in [4.78, 5) is 20.5. The van der Waals surface area contributed by atoms with Crippen molar-refractivity contribution < 1.29 is 13.9 Å². The zero-order chi connectivity index (χ0) is 21.3. The third kappa shape index (κ3) is 3.82. The van der Waals surface area contributed by atoms with Crippen LogP contribution in [0.2, 0.25) is 0 Å². The molecule has 0 atom stereocenters. The lowest BCUT2D eigenvalue weighted by atomic mass is 9.96. The van der Waals surface area contributed by atoms with E-state index in [4.69, 9.17) is 4.74 Å². The Morgan fingerprint density at radius 2 is 1.83 bits per heavy atom. The van der Waals surface area contributed by atoms with Crippen LogP contribution >= 0.6 is 0 Å². The minimum atomic E-state index is -0.677. The molecule has 1 aliphatic rings. The second-order valence-corrected chi connectivity index (χ2v) is 6.84. The number of ether oxygens (including phenoxy) is 1. The molecule has 1 aromatic heterocycles. The Morgan fingerprint density at radius 3 is 2.50 bits per heavy atom. The molecule has 2 heterocycles. The van der Waals surface area contributed by atoms with E-state index in [-0.39, 0.29) is 11.8 Å². The van der Waals surface area contributed by atoms with Gasteiger partial charge in [0.2, 0.25) is 0 Å². The maximum absolute atomic E-state index is 13.5. The van der Waals surface area contributed by atoms with Gasteiger partial charge in [0.05, 0.1) is 10.9 Å². The van der Waals surface area contributed by atoms with Gasteiger partial charge in [-0.2, -0.15) is 15.1 Å². The molecule has 2 N–H and O–H groups in total. The molecule has 0 radical (unpaired) electrons. The van der Waals surface area contributed by atoms with Gasteiger partial charge in [0, 0.05) is 19.2 Å². The zero-order valence-electron chi connectivity index (χ0n) is 16.7. The van der Waals surface area contributed by atoms with Crippen molar-refractivity contribution >= 4 is 34.4 Å². The molecule has 2 aromatic carbocycles. The molecule has 9 heteroatoms. The normalized spacial score (nSPS) is 13.1. The number of aryl methyl sites for hydroxylation is 1. The van der Waals surface area contributed by atoms with Crippen LogP contribution in [0.3, 0.4) is 0 Å². The molecule has 0 spiro atoms. The molecule has 0 bridgehead atoms. The fraction of sp³-hybridized carbons (Fsp3) is 0.190. The Kier molecular flexibility index (Phi) is 5.09. The van der Waals surface area contributed by atoms with E-state index in [9.17, 15) is 9.18 Å². The number of aromatic nitrogens is 2. The van der Waals surface area contributed by atoms with E-state index in [0.717, 1.165) is 22.4 Å². The molecule has 30 heavy (non-hydrogen) atoms. The van der Waals surface area contributed by atoms with E-state index >= 15 is 0 Å². The lowest BCUT2D eigenvalue weighted by molar-refractivity contribution is 0.199. The van der Waals surface area contributed by atoms with E-state index in [2.05, 4.69) is 30.8 Å². The molecule has 0 aliphatic carbocycles. The summed E-state index contributed by atoms with van der Waals surface area (Å²) in [6.45, 7) is 3.83. The molecule has 0 fully saturated rings. The van der Waals surface area contributed by atoms with Crippen LogP contribution in [0.1, 0.15) is 18.9 Å². The van der Waals surface area contributed by atoms with Gasteiger partial charge in [0.1, 0.15) is 17.5 Å². The summed E-state index contributed by atoms with van der Waals surface area (Å²) in [5.41, 5.74) is 4.05. The van der Waals surface area contributed by atoms with Crippen LogP contribution in [0.4, 0.5) is 15.0 Å². The van der Waals surface area contributed by atoms with E-state index < -0.39 is 6.09 Å². The van der Waals surface area contributed by atoms with Gasteiger partial charge in [0.15, 0.2) is 0 Å². The van der Waals surface area contributed by atoms with Crippen LogP contribution in [0.5, 0.6) is 6.01 Å². The summed E-state index contributed by atoms with van der Waals surface area (Å²) in [6.07, 6.45) is -0.127. The van der Waals surface area contributed by atoms with Crippen molar-refractivity contribution in [2.45, 2.75) is 20.3 Å². The van der Waals surface area contributed by atoms with Crippen molar-refractivity contribution in [1.82, 2.24) is 15.3 Å². The van der Waals surface area contributed by atoms with Crippen molar-refractivity contribution in [2.75, 3.05) is 12.4 Å². The van der Waals surface area contributed by atoms with Crippen molar-refractivity contribution in [2.24, 2.45) is 10.2 Å². The van der Waals surface area contributed by atoms with E-state index in [1.54, 1.807) is 12.1 Å². The summed E-state index contributed by atoms with van der Waals surface area (Å²) in [5.74, 6) is 0.718. The molecule has 8 nitrogen and oxygen atoms in total. The van der Waals surface area contributed by atoms with Crippen LogP contribution in [-0.2, 0) is 0 Å². The average molecular weight is 406 g/mol. The molecule has 3 aromatic rings. The number of carbonyl (C=O) groups is 1. The molecule has 0 saturated carbocycles. The van der Waals surface area contributed by atoms with E-state index in [1.165, 1.54) is 19.2 Å². The summed E-state index contributed by atoms with van der Waals surface area (Å²) in [6, 6.07) is 9.84. The van der Waals surface area contributed by atoms with Crippen molar-refractivity contribution in [1.29, 1.82) is 0 Å². The largest absolute Gasteiger partial charge is 0.414 e. The predicted molar refractivity (Wildman–Crippen MR) is 114 cm³/mol. The molecule has 0 saturated heterocycles. The van der Waals surface area contributed by atoms with Gasteiger partial charge in [-0.25, -0.2) is 9.18 Å². The van der Waals surface area contributed by atoms with Gasteiger partial charge in [-0.3, -0.25) is 0 Å². The fourth-order valence-corrected chi connectivity index (χ4v) is 3.23. The highest BCUT2D eigenvalue weighted by molar-refractivity contribution is 6.14. The van der Waals surface area contributed by atoms with Crippen molar-refractivity contribution in [3.05, 3.63) is 47.8 Å². The van der Waals surface area contributed by atoms with Crippen LogP contribution in [0.15, 0.2) is 46.6 Å². The molecule has 0 unspecified atom stereocenters. The maximum atomic E-state index is 13.5. The van der Waals surface area contributed by atoms with Crippen molar-refractivity contribution in [3.8, 4) is 17.1 Å². The maximum Gasteiger partial charge on any atom is 0.414 e. The van der Waals surface area contributed by atoms with Gasteiger partial charge in [-0.15, -0.1) is 5.10 Å². The number of nitrogens with one attached hydrogen (secondary N) is 2. The summed E-state index contributed by atoms with van der Waals surface area (Å²) < 4.78 is 18.7. The summed E-state index contributed by atoms with van der Waals surface area (Å²) in [5, 5.41) is 14.4. The number of benzene rings is 2. The van der Waals surface area contributed by atoms with Gasteiger partial charge in [-0.05, 0) is 48.7 Å². The van der Waals surface area contributed by atoms with Crippen LogP contribution < -0.4 is 15.4 Å². The molecular weight excluding hydrogens is 387 g/mol. The van der Waals surface area contributed by atoms with E-state index in [1.807, 2.05) is 26.0 Å². The summed E-state index contributed by atoms with van der Waals surface area (Å²) >= 11 is 0. The fourth-order valence-electron chi connectivity index (χ4n) is 3.23. The quantitative estimate of drug-likeness (QED) is 0.683. The smallest absolute Gasteiger partial charge is 0.374 e. The third-order valence-electron chi connectivity index (χ3n) is 4.60.